The van der Waals surface area contributed by atoms with Crippen LogP contribution in [-0.4, -0.2) is 128 Å². The maximum atomic E-state index is 14.3. The molecule has 408 valence electrons. The zero-order valence-corrected chi connectivity index (χ0v) is 47.5. The third-order valence-corrected chi connectivity index (χ3v) is 18.3. The first-order valence-electron chi connectivity index (χ1n) is 27.3. The van der Waals surface area contributed by atoms with E-state index in [1.807, 2.05) is 42.2 Å². The molecule has 3 N–H and O–H groups in total. The number of aliphatic hydroxyl groups excluding tert-OH is 1. The highest BCUT2D eigenvalue weighted by Crippen LogP contribution is 2.43. The summed E-state index contributed by atoms with van der Waals surface area (Å²) in [6.45, 7) is 15.5. The Labute approximate surface area is 460 Å². The standard InChI is InChI=1S/C61H76N7O7PS/c1-44(2)66-46(4)58(61(70)71)59(60(66)48-19-17-45(3)18-20-48)49-13-12-14-53(39-49)64-31-11-10-30-63(32-33-64)51-21-23-52(24-22-51)65(34-38-75-6)43-76(74)54-25-26-56(57(40-54)67(72)73)62-50(42-77-55-15-8-7-9-16-55)29-37-68(5)35-27-47(41-69)28-36-68/h7-9,12-26,39-40,44,47,50,69H,10-11,27-38,41-43H2,1-6H3/p+2/t47?,50-,68?/m1/s1. The first-order chi connectivity index (χ1) is 37.1. The predicted molar refractivity (Wildman–Crippen MR) is 316 cm³/mol. The van der Waals surface area contributed by atoms with Crippen molar-refractivity contribution >= 4 is 59.3 Å². The largest absolute Gasteiger partial charge is 0.478 e. The molecule has 77 heavy (non-hydrogen) atoms. The van der Waals surface area contributed by atoms with E-state index in [-0.39, 0.29) is 35.6 Å². The monoisotopic (exact) mass is 1080 g/mol. The lowest BCUT2D eigenvalue weighted by molar-refractivity contribution is -0.915. The van der Waals surface area contributed by atoms with E-state index in [0.29, 0.717) is 35.6 Å². The van der Waals surface area contributed by atoms with Crippen LogP contribution in [0, 0.1) is 29.9 Å². The zero-order chi connectivity index (χ0) is 54.6. The summed E-state index contributed by atoms with van der Waals surface area (Å²) in [7, 11) is 1.85. The van der Waals surface area contributed by atoms with Crippen LogP contribution in [0.4, 0.5) is 28.4 Å². The molecule has 0 amide bonds. The number of thioether (sulfide) groups is 1. The number of quaternary nitrogens is 1. The molecule has 16 heteroatoms. The Kier molecular flexibility index (Phi) is 19.5. The molecule has 0 bridgehead atoms. The molecular weight excluding hydrogens is 1010 g/mol. The van der Waals surface area contributed by atoms with Crippen LogP contribution >= 0.6 is 19.6 Å². The number of ether oxygens (including phenoxy) is 1. The van der Waals surface area contributed by atoms with E-state index < -0.39 is 13.8 Å². The molecule has 5 aromatic carbocycles. The smallest absolute Gasteiger partial charge is 0.398 e. The van der Waals surface area contributed by atoms with Crippen LogP contribution in [0.15, 0.2) is 126 Å². The van der Waals surface area contributed by atoms with Gasteiger partial charge in [-0.05, 0) is 118 Å². The van der Waals surface area contributed by atoms with Gasteiger partial charge in [0.15, 0.2) is 5.30 Å². The summed E-state index contributed by atoms with van der Waals surface area (Å²) in [5, 5.41) is 37.1. The third kappa shape index (κ3) is 14.3. The molecule has 2 saturated heterocycles. The van der Waals surface area contributed by atoms with E-state index >= 15 is 0 Å². The second kappa shape index (κ2) is 26.4. The number of nitro groups is 1. The van der Waals surface area contributed by atoms with Crippen molar-refractivity contribution in [1.82, 2.24) is 4.57 Å². The molecule has 3 heterocycles. The van der Waals surface area contributed by atoms with Gasteiger partial charge in [0.25, 0.3) is 5.69 Å². The van der Waals surface area contributed by atoms with Gasteiger partial charge in [-0.15, -0.1) is 11.8 Å². The average Bonchev–Trinajstić information content (AvgIpc) is 3.79. The van der Waals surface area contributed by atoms with Crippen LogP contribution in [0.5, 0.6) is 0 Å². The lowest BCUT2D eigenvalue weighted by Gasteiger charge is -2.41. The molecule has 2 fully saturated rings. The van der Waals surface area contributed by atoms with Gasteiger partial charge >= 0.3 is 13.8 Å². The fraction of sp³-hybridized carbons (Fsp3) is 0.426. The number of methoxy groups -OCH3 is 1. The topological polar surface area (TPSA) is 154 Å². The summed E-state index contributed by atoms with van der Waals surface area (Å²) in [6, 6.07) is 40.2. The summed E-state index contributed by atoms with van der Waals surface area (Å²) >= 11 is 1.73. The predicted octanol–water partition coefficient (Wildman–Crippen LogP) is 12.1. The molecular formula is C61H78N7O7PS+2. The molecule has 2 atom stereocenters. The number of aliphatic hydroxyl groups is 1. The van der Waals surface area contributed by atoms with Gasteiger partial charge in [0.05, 0.1) is 55.5 Å². The number of piperidine rings is 1. The quantitative estimate of drug-likeness (QED) is 0.0184. The second-order valence-corrected chi connectivity index (χ2v) is 24.1. The van der Waals surface area contributed by atoms with Crippen molar-refractivity contribution in [3.63, 3.8) is 0 Å². The van der Waals surface area contributed by atoms with Crippen LogP contribution in [0.1, 0.15) is 73.6 Å². The van der Waals surface area contributed by atoms with E-state index in [2.05, 4.69) is 120 Å². The van der Waals surface area contributed by atoms with Gasteiger partial charge in [-0.25, -0.2) is 4.79 Å². The number of anilines is 4. The Morgan fingerprint density at radius 3 is 2.21 bits per heavy atom. The molecule has 8 rings (SSSR count). The Bertz CT molecular complexity index is 2950. The van der Waals surface area contributed by atoms with Crippen LogP contribution in [-0.2, 0) is 9.30 Å². The molecule has 2 aliphatic rings. The summed E-state index contributed by atoms with van der Waals surface area (Å²) in [5.41, 5.74) is 9.10. The van der Waals surface area contributed by atoms with Gasteiger partial charge in [-0.1, -0.05) is 64.7 Å². The zero-order valence-electron chi connectivity index (χ0n) is 45.8. The fourth-order valence-corrected chi connectivity index (χ4v) is 13.4. The highest BCUT2D eigenvalue weighted by Gasteiger charge is 2.33. The maximum absolute atomic E-state index is 14.3. The molecule has 0 aliphatic carbocycles. The van der Waals surface area contributed by atoms with Gasteiger partial charge in [-0.2, -0.15) is 0 Å². The van der Waals surface area contributed by atoms with Crippen LogP contribution < -0.4 is 25.3 Å². The van der Waals surface area contributed by atoms with E-state index in [1.54, 1.807) is 31.0 Å². The van der Waals surface area contributed by atoms with Crippen molar-refractivity contribution in [2.75, 3.05) is 112 Å². The number of hydrogen-bond acceptors (Lipinski definition) is 11. The number of benzene rings is 5. The van der Waals surface area contributed by atoms with Crippen LogP contribution in [0.3, 0.4) is 0 Å². The Balaban J connectivity index is 0.958. The van der Waals surface area contributed by atoms with Crippen molar-refractivity contribution < 1.29 is 33.7 Å². The molecule has 2 aliphatic heterocycles. The molecule has 0 spiro atoms. The number of aromatic nitrogens is 1. The lowest BCUT2D eigenvalue weighted by Crippen LogP contribution is -2.51. The highest BCUT2D eigenvalue weighted by atomic mass is 32.2. The van der Waals surface area contributed by atoms with Crippen molar-refractivity contribution in [2.45, 2.75) is 76.8 Å². The number of nitrogens with one attached hydrogen (secondary N) is 1. The SMILES string of the molecule is COCCN(C[P+](=O)c1ccc(N[C@H](CC[N+]2(C)CCC(CO)CC2)CSc2ccccc2)c([N+](=O)[O-])c1)c1ccc(N2CCCCN(c3cccc(-c4c(C(=O)O)c(C)n(C(C)C)c4-c4ccc(C)cc4)c3)CC2)cc1. The molecule has 14 nitrogen and oxygen atoms in total. The maximum Gasteiger partial charge on any atom is 0.398 e. The van der Waals surface area contributed by atoms with Crippen LogP contribution in [0.2, 0.25) is 0 Å². The summed E-state index contributed by atoms with van der Waals surface area (Å²) in [6.07, 6.45) is 4.94. The van der Waals surface area contributed by atoms with Gasteiger partial charge in [-0.3, -0.25) is 10.1 Å². The lowest BCUT2D eigenvalue weighted by atomic mass is 9.96. The van der Waals surface area contributed by atoms with Crippen molar-refractivity contribution in [3.05, 3.63) is 148 Å². The Hall–Kier alpha value is -6.22. The number of carbonyl (C=O) groups is 1. The van der Waals surface area contributed by atoms with E-state index in [1.165, 1.54) is 6.07 Å². The minimum Gasteiger partial charge on any atom is -0.478 e. The van der Waals surface area contributed by atoms with E-state index in [0.717, 1.165) is 144 Å². The fourth-order valence-electron chi connectivity index (χ4n) is 11.1. The summed E-state index contributed by atoms with van der Waals surface area (Å²) < 4.78 is 22.9. The van der Waals surface area contributed by atoms with Crippen molar-refractivity contribution in [3.8, 4) is 22.4 Å². The third-order valence-electron chi connectivity index (χ3n) is 15.6. The first kappa shape index (κ1) is 57.0. The van der Waals surface area contributed by atoms with E-state index in [9.17, 15) is 29.7 Å². The number of nitrogens with zero attached hydrogens (tertiary/aromatic N) is 6. The van der Waals surface area contributed by atoms with Gasteiger partial charge in [0.2, 0.25) is 6.29 Å². The molecule has 1 unspecified atom stereocenters. The summed E-state index contributed by atoms with van der Waals surface area (Å²) in [5.74, 6) is 0.141. The molecule has 6 aromatic rings. The summed E-state index contributed by atoms with van der Waals surface area (Å²) in [4.78, 5) is 33.4. The van der Waals surface area contributed by atoms with Gasteiger partial charge in [0, 0.05) is 117 Å². The van der Waals surface area contributed by atoms with Crippen molar-refractivity contribution in [1.29, 1.82) is 0 Å². The Morgan fingerprint density at radius 1 is 0.883 bits per heavy atom. The number of rotatable bonds is 23. The average molecular weight is 1080 g/mol. The number of aromatic carboxylic acids is 1. The number of aryl methyl sites for hydroxylation is 1. The molecule has 0 radical (unpaired) electrons. The van der Waals surface area contributed by atoms with Gasteiger partial charge < -0.3 is 44.0 Å². The number of hydrogen-bond donors (Lipinski definition) is 3. The van der Waals surface area contributed by atoms with Crippen LogP contribution in [0.25, 0.3) is 22.4 Å². The van der Waals surface area contributed by atoms with Gasteiger partial charge in [0.1, 0.15) is 5.69 Å². The highest BCUT2D eigenvalue weighted by molar-refractivity contribution is 7.99. The Morgan fingerprint density at radius 2 is 1.57 bits per heavy atom. The number of carboxylic acids is 1. The van der Waals surface area contributed by atoms with E-state index in [4.69, 9.17) is 4.74 Å². The number of likely N-dealkylation sites (tertiary alicyclic amines) is 1. The van der Waals surface area contributed by atoms with Crippen molar-refractivity contribution in [2.24, 2.45) is 5.92 Å². The first-order valence-corrected chi connectivity index (χ1v) is 29.7. The minimum atomic E-state index is -2.07. The number of nitro benzene ring substituents is 1. The molecule has 1 aromatic heterocycles. The minimum absolute atomic E-state index is 0.0498. The normalized spacial score (nSPS) is 17.7. The molecule has 0 saturated carbocycles. The second-order valence-electron chi connectivity index (χ2n) is 21.5. The number of carboxylic acid groups (broad SMARTS) is 1.